The van der Waals surface area contributed by atoms with Crippen LogP contribution >= 0.6 is 0 Å². The third-order valence-electron chi connectivity index (χ3n) is 2.59. The molecule has 1 heterocycles. The number of benzene rings is 1. The molecule has 4 nitrogen and oxygen atoms in total. The van der Waals surface area contributed by atoms with Crippen molar-refractivity contribution in [1.29, 1.82) is 0 Å². The Labute approximate surface area is 106 Å². The molecule has 0 N–H and O–H groups in total. The van der Waals surface area contributed by atoms with Crippen molar-refractivity contribution >= 4 is 9.84 Å². The second-order valence-corrected chi connectivity index (χ2v) is 5.67. The molecular formula is C13H13NO3S. The van der Waals surface area contributed by atoms with Crippen molar-refractivity contribution in [2.24, 2.45) is 0 Å². The zero-order valence-corrected chi connectivity index (χ0v) is 10.9. The molecule has 0 bridgehead atoms. The minimum atomic E-state index is -3.56. The Morgan fingerprint density at radius 1 is 1.11 bits per heavy atom. The summed E-state index contributed by atoms with van der Waals surface area (Å²) in [6.45, 7) is 1.73. The van der Waals surface area contributed by atoms with Gasteiger partial charge in [-0.2, -0.15) is 0 Å². The Balaban J connectivity index is 2.51. The molecule has 0 radical (unpaired) electrons. The second-order valence-electron chi connectivity index (χ2n) is 3.80. The molecule has 0 atom stereocenters. The van der Waals surface area contributed by atoms with Gasteiger partial charge in [0.1, 0.15) is 5.75 Å². The van der Waals surface area contributed by atoms with Crippen molar-refractivity contribution in [1.82, 2.24) is 4.98 Å². The molecule has 0 unspecified atom stereocenters. The van der Waals surface area contributed by atoms with Crippen LogP contribution in [0.5, 0.6) is 5.75 Å². The predicted octanol–water partition coefficient (Wildman–Crippen LogP) is 2.23. The molecule has 0 spiro atoms. The minimum absolute atomic E-state index is 0.0927. The van der Waals surface area contributed by atoms with Gasteiger partial charge in [0.05, 0.1) is 12.0 Å². The number of aryl methyl sites for hydroxylation is 1. The van der Waals surface area contributed by atoms with Gasteiger partial charge >= 0.3 is 0 Å². The SMILES string of the molecule is COc1ccc(S(=O)(=O)c2ncccc2C)cc1. The molecule has 0 saturated heterocycles. The standard InChI is InChI=1S/C13H13NO3S/c1-10-4-3-9-14-13(10)18(15,16)12-7-5-11(17-2)6-8-12/h3-9H,1-2H3. The summed E-state index contributed by atoms with van der Waals surface area (Å²) >= 11 is 0. The summed E-state index contributed by atoms with van der Waals surface area (Å²) in [4.78, 5) is 4.16. The fraction of sp³-hybridized carbons (Fsp3) is 0.154. The van der Waals surface area contributed by atoms with Gasteiger partial charge in [0.15, 0.2) is 5.03 Å². The highest BCUT2D eigenvalue weighted by Gasteiger charge is 2.20. The van der Waals surface area contributed by atoms with E-state index in [0.29, 0.717) is 11.3 Å². The van der Waals surface area contributed by atoms with Gasteiger partial charge in [0, 0.05) is 6.20 Å². The van der Waals surface area contributed by atoms with Gasteiger partial charge in [-0.05, 0) is 42.8 Å². The fourth-order valence-electron chi connectivity index (χ4n) is 1.62. The quantitative estimate of drug-likeness (QED) is 0.852. The van der Waals surface area contributed by atoms with E-state index in [-0.39, 0.29) is 9.92 Å². The summed E-state index contributed by atoms with van der Waals surface area (Å²) in [5.74, 6) is 0.617. The Bertz CT molecular complexity index is 648. The van der Waals surface area contributed by atoms with Crippen molar-refractivity contribution in [3.05, 3.63) is 48.2 Å². The molecule has 0 fully saturated rings. The zero-order valence-electron chi connectivity index (χ0n) is 10.1. The van der Waals surface area contributed by atoms with Crippen LogP contribution in [0.4, 0.5) is 0 Å². The number of pyridine rings is 1. The lowest BCUT2D eigenvalue weighted by molar-refractivity contribution is 0.414. The summed E-state index contributed by atoms with van der Waals surface area (Å²) in [7, 11) is -2.03. The summed E-state index contributed by atoms with van der Waals surface area (Å²) in [6.07, 6.45) is 1.48. The molecule has 2 rings (SSSR count). The molecule has 0 aliphatic carbocycles. The van der Waals surface area contributed by atoms with Gasteiger partial charge in [-0.3, -0.25) is 0 Å². The van der Waals surface area contributed by atoms with Crippen molar-refractivity contribution in [3.63, 3.8) is 0 Å². The summed E-state index contributed by atoms with van der Waals surface area (Å²) < 4.78 is 29.7. The minimum Gasteiger partial charge on any atom is -0.497 e. The van der Waals surface area contributed by atoms with Crippen LogP contribution in [0.2, 0.25) is 0 Å². The molecule has 1 aromatic heterocycles. The third-order valence-corrected chi connectivity index (χ3v) is 4.41. The maximum atomic E-state index is 12.4. The second kappa shape index (κ2) is 4.78. The summed E-state index contributed by atoms with van der Waals surface area (Å²) in [6, 6.07) is 9.70. The highest BCUT2D eigenvalue weighted by atomic mass is 32.2. The number of aromatic nitrogens is 1. The molecular weight excluding hydrogens is 250 g/mol. The molecule has 0 amide bonds. The van der Waals surface area contributed by atoms with E-state index in [1.165, 1.54) is 25.4 Å². The van der Waals surface area contributed by atoms with Gasteiger partial charge in [-0.15, -0.1) is 0 Å². The number of ether oxygens (including phenoxy) is 1. The monoisotopic (exact) mass is 263 g/mol. The Kier molecular flexibility index (Phi) is 3.34. The van der Waals surface area contributed by atoms with Gasteiger partial charge in [0.25, 0.3) is 0 Å². The lowest BCUT2D eigenvalue weighted by Crippen LogP contribution is -2.06. The van der Waals surface area contributed by atoms with E-state index >= 15 is 0 Å². The van der Waals surface area contributed by atoms with Crippen molar-refractivity contribution in [2.45, 2.75) is 16.8 Å². The number of hydrogen-bond donors (Lipinski definition) is 0. The predicted molar refractivity (Wildman–Crippen MR) is 67.4 cm³/mol. The normalized spacial score (nSPS) is 11.2. The van der Waals surface area contributed by atoms with E-state index in [9.17, 15) is 8.42 Å². The van der Waals surface area contributed by atoms with Crippen molar-refractivity contribution in [2.75, 3.05) is 7.11 Å². The number of sulfone groups is 1. The van der Waals surface area contributed by atoms with Crippen LogP contribution in [-0.4, -0.2) is 20.5 Å². The third kappa shape index (κ3) is 2.22. The van der Waals surface area contributed by atoms with E-state index in [1.807, 2.05) is 0 Å². The maximum absolute atomic E-state index is 12.4. The Morgan fingerprint density at radius 2 is 1.78 bits per heavy atom. The Morgan fingerprint density at radius 3 is 2.33 bits per heavy atom. The van der Waals surface area contributed by atoms with Crippen LogP contribution in [0.3, 0.4) is 0 Å². The molecule has 0 saturated carbocycles. The number of nitrogens with zero attached hydrogens (tertiary/aromatic N) is 1. The first-order valence-electron chi connectivity index (χ1n) is 5.36. The number of methoxy groups -OCH3 is 1. The van der Waals surface area contributed by atoms with E-state index < -0.39 is 9.84 Å². The molecule has 0 aliphatic rings. The molecule has 18 heavy (non-hydrogen) atoms. The Hall–Kier alpha value is -1.88. The van der Waals surface area contributed by atoms with Crippen LogP contribution in [0, 0.1) is 6.92 Å². The van der Waals surface area contributed by atoms with E-state index in [1.54, 1.807) is 31.2 Å². The topological polar surface area (TPSA) is 56.3 Å². The van der Waals surface area contributed by atoms with Crippen LogP contribution in [0.15, 0.2) is 52.5 Å². The average molecular weight is 263 g/mol. The van der Waals surface area contributed by atoms with Gasteiger partial charge in [-0.25, -0.2) is 13.4 Å². The zero-order chi connectivity index (χ0) is 13.2. The van der Waals surface area contributed by atoms with Crippen molar-refractivity contribution < 1.29 is 13.2 Å². The molecule has 2 aromatic rings. The van der Waals surface area contributed by atoms with Crippen LogP contribution in [-0.2, 0) is 9.84 Å². The van der Waals surface area contributed by atoms with Crippen molar-refractivity contribution in [3.8, 4) is 5.75 Å². The number of rotatable bonds is 3. The van der Waals surface area contributed by atoms with Crippen LogP contribution < -0.4 is 4.74 Å². The molecule has 0 aliphatic heterocycles. The number of hydrogen-bond acceptors (Lipinski definition) is 4. The van der Waals surface area contributed by atoms with Gasteiger partial charge in [-0.1, -0.05) is 6.07 Å². The van der Waals surface area contributed by atoms with Crippen LogP contribution in [0.1, 0.15) is 5.56 Å². The fourth-order valence-corrected chi connectivity index (χ4v) is 3.03. The van der Waals surface area contributed by atoms with E-state index in [2.05, 4.69) is 4.98 Å². The van der Waals surface area contributed by atoms with Crippen LogP contribution in [0.25, 0.3) is 0 Å². The van der Waals surface area contributed by atoms with Gasteiger partial charge < -0.3 is 4.74 Å². The first-order chi connectivity index (χ1) is 8.55. The lowest BCUT2D eigenvalue weighted by Gasteiger charge is -2.07. The largest absolute Gasteiger partial charge is 0.497 e. The molecule has 1 aromatic carbocycles. The first-order valence-corrected chi connectivity index (χ1v) is 6.85. The summed E-state index contributed by atoms with van der Waals surface area (Å²) in [5.41, 5.74) is 0.633. The van der Waals surface area contributed by atoms with E-state index in [4.69, 9.17) is 4.74 Å². The maximum Gasteiger partial charge on any atom is 0.224 e. The highest BCUT2D eigenvalue weighted by Crippen LogP contribution is 2.23. The smallest absolute Gasteiger partial charge is 0.224 e. The highest BCUT2D eigenvalue weighted by molar-refractivity contribution is 7.91. The molecule has 94 valence electrons. The average Bonchev–Trinajstić information content (AvgIpc) is 2.39. The summed E-state index contributed by atoms with van der Waals surface area (Å²) in [5, 5.41) is 0.0927. The lowest BCUT2D eigenvalue weighted by atomic mass is 10.3. The van der Waals surface area contributed by atoms with Gasteiger partial charge in [0.2, 0.25) is 9.84 Å². The first kappa shape index (κ1) is 12.6. The molecule has 5 heteroatoms. The van der Waals surface area contributed by atoms with E-state index in [0.717, 1.165) is 0 Å².